The largest absolute Gasteiger partial charge is 0.484 e. The second-order valence-corrected chi connectivity index (χ2v) is 4.43. The molecule has 0 bridgehead atoms. The van der Waals surface area contributed by atoms with E-state index < -0.39 is 11.7 Å². The lowest BCUT2D eigenvalue weighted by Crippen LogP contribution is -2.45. The van der Waals surface area contributed by atoms with Crippen LogP contribution in [0.4, 0.5) is 0 Å². The van der Waals surface area contributed by atoms with Gasteiger partial charge in [0.15, 0.2) is 5.60 Å². The van der Waals surface area contributed by atoms with Gasteiger partial charge >= 0.3 is 0 Å². The maximum atomic E-state index is 11.6. The molecule has 0 saturated heterocycles. The summed E-state index contributed by atoms with van der Waals surface area (Å²) >= 11 is 0. The van der Waals surface area contributed by atoms with E-state index in [0.717, 1.165) is 12.0 Å². The Morgan fingerprint density at radius 3 is 2.65 bits per heavy atom. The quantitative estimate of drug-likeness (QED) is 0.861. The van der Waals surface area contributed by atoms with Gasteiger partial charge in [-0.3, -0.25) is 4.79 Å². The third-order valence-corrected chi connectivity index (χ3v) is 3.21. The normalized spacial score (nSPS) is 24.7. The number of hydrogen-bond acceptors (Lipinski definition) is 3. The predicted molar refractivity (Wildman–Crippen MR) is 64.4 cm³/mol. The molecule has 0 aliphatic carbocycles. The maximum absolute atomic E-state index is 11.6. The average molecular weight is 232 g/mol. The first-order chi connectivity index (χ1) is 8.13. The Morgan fingerprint density at radius 2 is 2.06 bits per heavy atom. The third-order valence-electron chi connectivity index (χ3n) is 3.21. The Morgan fingerprint density at radius 1 is 1.35 bits per heavy atom. The van der Waals surface area contributed by atoms with Gasteiger partial charge in [-0.25, -0.2) is 0 Å². The Kier molecular flexibility index (Phi) is 3.29. The summed E-state index contributed by atoms with van der Waals surface area (Å²) in [5, 5.41) is 10.1. The third kappa shape index (κ3) is 2.39. The van der Waals surface area contributed by atoms with Crippen molar-refractivity contribution in [2.24, 2.45) is 0 Å². The molecule has 1 aromatic rings. The molecular formula is C14H16O3. The number of carbonyl (C=O) groups excluding carboxylic acids is 1. The van der Waals surface area contributed by atoms with Crippen LogP contribution in [0.1, 0.15) is 18.9 Å². The van der Waals surface area contributed by atoms with Crippen LogP contribution in [0.5, 0.6) is 0 Å². The fraction of sp³-hybridized carbons (Fsp3) is 0.357. The number of ketones is 1. The molecular weight excluding hydrogens is 216 g/mol. The number of rotatable bonds is 4. The van der Waals surface area contributed by atoms with E-state index in [9.17, 15) is 9.90 Å². The van der Waals surface area contributed by atoms with Gasteiger partial charge < -0.3 is 9.84 Å². The molecule has 1 aliphatic rings. The first kappa shape index (κ1) is 11.9. The van der Waals surface area contributed by atoms with E-state index in [1.807, 2.05) is 30.3 Å². The Labute approximate surface area is 101 Å². The molecule has 0 radical (unpaired) electrons. The van der Waals surface area contributed by atoms with Crippen molar-refractivity contribution < 1.29 is 14.6 Å². The number of hydrogen-bond donors (Lipinski definition) is 1. The van der Waals surface area contributed by atoms with E-state index in [1.54, 1.807) is 6.92 Å². The molecule has 1 aromatic carbocycles. The van der Waals surface area contributed by atoms with E-state index in [2.05, 4.69) is 0 Å². The lowest BCUT2D eigenvalue weighted by atomic mass is 9.90. The number of benzene rings is 1. The van der Waals surface area contributed by atoms with Crippen molar-refractivity contribution in [3.8, 4) is 0 Å². The van der Waals surface area contributed by atoms with Crippen molar-refractivity contribution >= 4 is 5.78 Å². The first-order valence-electron chi connectivity index (χ1n) is 5.74. The van der Waals surface area contributed by atoms with Gasteiger partial charge in [0, 0.05) is 6.08 Å². The second-order valence-electron chi connectivity index (χ2n) is 4.43. The molecule has 0 aromatic heterocycles. The summed E-state index contributed by atoms with van der Waals surface area (Å²) < 4.78 is 5.22. The fourth-order valence-electron chi connectivity index (χ4n) is 1.93. The van der Waals surface area contributed by atoms with Gasteiger partial charge in [0.05, 0.1) is 6.26 Å². The molecule has 3 heteroatoms. The zero-order valence-electron chi connectivity index (χ0n) is 9.80. The monoisotopic (exact) mass is 232 g/mol. The molecule has 0 spiro atoms. The number of aliphatic hydroxyl groups is 1. The lowest BCUT2D eigenvalue weighted by molar-refractivity contribution is -0.139. The van der Waals surface area contributed by atoms with Crippen LogP contribution in [0, 0.1) is 0 Å². The van der Waals surface area contributed by atoms with Crippen LogP contribution in [-0.2, 0) is 16.0 Å². The van der Waals surface area contributed by atoms with Crippen molar-refractivity contribution in [2.45, 2.75) is 31.5 Å². The van der Waals surface area contributed by atoms with Crippen LogP contribution in [0.3, 0.4) is 0 Å². The van der Waals surface area contributed by atoms with E-state index in [0.29, 0.717) is 6.42 Å². The van der Waals surface area contributed by atoms with Crippen molar-refractivity contribution in [1.82, 2.24) is 0 Å². The highest BCUT2D eigenvalue weighted by Crippen LogP contribution is 2.26. The zero-order valence-corrected chi connectivity index (χ0v) is 9.80. The number of aryl methyl sites for hydroxylation is 1. The molecule has 0 fully saturated rings. The lowest BCUT2D eigenvalue weighted by Gasteiger charge is -2.27. The van der Waals surface area contributed by atoms with Crippen LogP contribution in [-0.4, -0.2) is 22.6 Å². The summed E-state index contributed by atoms with van der Waals surface area (Å²) in [7, 11) is 0. The smallest absolute Gasteiger partial charge is 0.204 e. The Bertz CT molecular complexity index is 424. The van der Waals surface area contributed by atoms with Gasteiger partial charge in [0.2, 0.25) is 5.78 Å². The number of carbonyl (C=O) groups is 1. The molecule has 0 saturated carbocycles. The summed E-state index contributed by atoms with van der Waals surface area (Å²) in [5.41, 5.74) is 0.0444. The molecule has 1 heterocycles. The van der Waals surface area contributed by atoms with Gasteiger partial charge in [-0.1, -0.05) is 30.3 Å². The van der Waals surface area contributed by atoms with Gasteiger partial charge in [0.1, 0.15) is 6.10 Å². The molecule has 2 atom stereocenters. The van der Waals surface area contributed by atoms with Crippen molar-refractivity contribution in [3.63, 3.8) is 0 Å². The van der Waals surface area contributed by atoms with Crippen LogP contribution < -0.4 is 0 Å². The summed E-state index contributed by atoms with van der Waals surface area (Å²) in [4.78, 5) is 11.6. The number of aliphatic hydroxyl groups excluding tert-OH is 1. The van der Waals surface area contributed by atoms with Gasteiger partial charge in [-0.15, -0.1) is 0 Å². The zero-order chi connectivity index (χ0) is 12.3. The SMILES string of the molecule is CC1(C(O)CCc2ccccc2)OC=CC1=O. The van der Waals surface area contributed by atoms with Gasteiger partial charge in [0.25, 0.3) is 0 Å². The molecule has 90 valence electrons. The van der Waals surface area contributed by atoms with Crippen LogP contribution in [0.15, 0.2) is 42.7 Å². The predicted octanol–water partition coefficient (Wildman–Crippen LogP) is 1.85. The highest BCUT2D eigenvalue weighted by molar-refractivity contribution is 5.98. The highest BCUT2D eigenvalue weighted by atomic mass is 16.5. The van der Waals surface area contributed by atoms with E-state index in [1.165, 1.54) is 12.3 Å². The molecule has 0 amide bonds. The van der Waals surface area contributed by atoms with Gasteiger partial charge in [-0.05, 0) is 25.3 Å². The van der Waals surface area contributed by atoms with Crippen molar-refractivity contribution in [3.05, 3.63) is 48.2 Å². The van der Waals surface area contributed by atoms with Crippen LogP contribution >= 0.6 is 0 Å². The maximum Gasteiger partial charge on any atom is 0.204 e. The summed E-state index contributed by atoms with van der Waals surface area (Å²) in [5.74, 6) is -0.168. The molecule has 17 heavy (non-hydrogen) atoms. The van der Waals surface area contributed by atoms with Gasteiger partial charge in [-0.2, -0.15) is 0 Å². The Balaban J connectivity index is 1.94. The van der Waals surface area contributed by atoms with Crippen LogP contribution in [0.2, 0.25) is 0 Å². The highest BCUT2D eigenvalue weighted by Gasteiger charge is 2.43. The van der Waals surface area contributed by atoms with Crippen LogP contribution in [0.25, 0.3) is 0 Å². The summed E-state index contributed by atoms with van der Waals surface area (Å²) in [6, 6.07) is 9.88. The standard InChI is InChI=1S/C14H16O3/c1-14(13(16)9-10-17-14)12(15)8-7-11-5-3-2-4-6-11/h2-6,9-10,12,15H,7-8H2,1H3. The Hall–Kier alpha value is -1.61. The molecule has 1 N–H and O–H groups in total. The van der Waals surface area contributed by atoms with E-state index >= 15 is 0 Å². The summed E-state index contributed by atoms with van der Waals surface area (Å²) in [6.45, 7) is 1.63. The first-order valence-corrected chi connectivity index (χ1v) is 5.74. The molecule has 2 unspecified atom stereocenters. The molecule has 2 rings (SSSR count). The fourth-order valence-corrected chi connectivity index (χ4v) is 1.93. The van der Waals surface area contributed by atoms with E-state index in [4.69, 9.17) is 4.74 Å². The van der Waals surface area contributed by atoms with Crippen molar-refractivity contribution in [1.29, 1.82) is 0 Å². The minimum absolute atomic E-state index is 0.168. The number of ether oxygens (including phenoxy) is 1. The summed E-state index contributed by atoms with van der Waals surface area (Å²) in [6.07, 6.45) is 3.17. The minimum Gasteiger partial charge on any atom is -0.484 e. The van der Waals surface area contributed by atoms with E-state index in [-0.39, 0.29) is 5.78 Å². The second kappa shape index (κ2) is 4.72. The topological polar surface area (TPSA) is 46.5 Å². The average Bonchev–Trinajstić information content (AvgIpc) is 2.69. The van der Waals surface area contributed by atoms with Crippen molar-refractivity contribution in [2.75, 3.05) is 0 Å². The minimum atomic E-state index is -1.10. The molecule has 3 nitrogen and oxygen atoms in total. The molecule has 1 aliphatic heterocycles.